The third-order valence-electron chi connectivity index (χ3n) is 3.51. The van der Waals surface area contributed by atoms with Crippen molar-refractivity contribution in [3.8, 4) is 0 Å². The molecule has 0 radical (unpaired) electrons. The molecule has 2 atom stereocenters. The van der Waals surface area contributed by atoms with Crippen LogP contribution in [0.15, 0.2) is 41.8 Å². The van der Waals surface area contributed by atoms with Gasteiger partial charge in [-0.05, 0) is 25.5 Å². The standard InChI is InChI=1S/C17H25NO4S/c1-5-7-12-22-17(19)16(14(4)6-2)18-23(20,21)15-10-8-13(3)9-11-15/h6,8-11,14,16,18H,2,5,7,12H2,1,3-4H3/t14-,16+/m1/s1. The number of esters is 1. The average molecular weight is 339 g/mol. The highest BCUT2D eigenvalue weighted by Crippen LogP contribution is 2.14. The highest BCUT2D eigenvalue weighted by Gasteiger charge is 2.30. The number of carbonyl (C=O) groups is 1. The van der Waals surface area contributed by atoms with Gasteiger partial charge in [-0.25, -0.2) is 8.42 Å². The molecule has 0 spiro atoms. The van der Waals surface area contributed by atoms with Crippen molar-refractivity contribution in [3.05, 3.63) is 42.5 Å². The molecule has 0 saturated carbocycles. The fourth-order valence-electron chi connectivity index (χ4n) is 1.87. The van der Waals surface area contributed by atoms with Gasteiger partial charge in [0.25, 0.3) is 0 Å². The molecule has 0 unspecified atom stereocenters. The van der Waals surface area contributed by atoms with E-state index in [0.717, 1.165) is 18.4 Å². The first-order valence-corrected chi connectivity index (χ1v) is 9.18. The zero-order valence-corrected chi connectivity index (χ0v) is 14.7. The fourth-order valence-corrected chi connectivity index (χ4v) is 3.14. The summed E-state index contributed by atoms with van der Waals surface area (Å²) in [6.07, 6.45) is 3.17. The van der Waals surface area contributed by atoms with Crippen molar-refractivity contribution in [3.63, 3.8) is 0 Å². The van der Waals surface area contributed by atoms with Gasteiger partial charge in [0.15, 0.2) is 0 Å². The quantitative estimate of drug-likeness (QED) is 0.426. The van der Waals surface area contributed by atoms with Crippen LogP contribution >= 0.6 is 0 Å². The summed E-state index contributed by atoms with van der Waals surface area (Å²) in [5.74, 6) is -0.967. The Labute approximate surface area is 138 Å². The van der Waals surface area contributed by atoms with Gasteiger partial charge < -0.3 is 4.74 Å². The van der Waals surface area contributed by atoms with E-state index in [4.69, 9.17) is 4.74 Å². The number of sulfonamides is 1. The average Bonchev–Trinajstić information content (AvgIpc) is 2.52. The molecule has 1 aromatic carbocycles. The fraction of sp³-hybridized carbons (Fsp3) is 0.471. The molecule has 1 N–H and O–H groups in total. The second-order valence-electron chi connectivity index (χ2n) is 5.53. The molecule has 0 aliphatic carbocycles. The summed E-state index contributed by atoms with van der Waals surface area (Å²) >= 11 is 0. The Morgan fingerprint density at radius 3 is 2.48 bits per heavy atom. The Kier molecular flexibility index (Phi) is 7.45. The molecule has 1 aromatic rings. The van der Waals surface area contributed by atoms with E-state index in [2.05, 4.69) is 11.3 Å². The minimum atomic E-state index is -3.81. The number of nitrogens with one attached hydrogen (secondary N) is 1. The van der Waals surface area contributed by atoms with Crippen molar-refractivity contribution in [2.45, 2.75) is 44.6 Å². The molecule has 0 amide bonds. The van der Waals surface area contributed by atoms with Gasteiger partial charge >= 0.3 is 5.97 Å². The Balaban J connectivity index is 2.93. The van der Waals surface area contributed by atoms with Gasteiger partial charge in [0.05, 0.1) is 11.5 Å². The maximum Gasteiger partial charge on any atom is 0.324 e. The number of ether oxygens (including phenoxy) is 1. The van der Waals surface area contributed by atoms with Crippen LogP contribution in [0.2, 0.25) is 0 Å². The highest BCUT2D eigenvalue weighted by atomic mass is 32.2. The van der Waals surface area contributed by atoms with Gasteiger partial charge in [0, 0.05) is 5.92 Å². The van der Waals surface area contributed by atoms with Crippen molar-refractivity contribution in [2.75, 3.05) is 6.61 Å². The van der Waals surface area contributed by atoms with Crippen molar-refractivity contribution in [1.82, 2.24) is 4.72 Å². The van der Waals surface area contributed by atoms with E-state index in [-0.39, 0.29) is 17.4 Å². The van der Waals surface area contributed by atoms with Crippen LogP contribution in [0.25, 0.3) is 0 Å². The van der Waals surface area contributed by atoms with Crippen LogP contribution in [0.4, 0.5) is 0 Å². The van der Waals surface area contributed by atoms with Crippen molar-refractivity contribution in [2.24, 2.45) is 5.92 Å². The van der Waals surface area contributed by atoms with E-state index >= 15 is 0 Å². The zero-order valence-electron chi connectivity index (χ0n) is 13.9. The Bertz CT molecular complexity index is 622. The second-order valence-corrected chi connectivity index (χ2v) is 7.24. The van der Waals surface area contributed by atoms with Gasteiger partial charge in [-0.3, -0.25) is 4.79 Å². The number of benzene rings is 1. The highest BCUT2D eigenvalue weighted by molar-refractivity contribution is 7.89. The first-order chi connectivity index (χ1) is 10.8. The van der Waals surface area contributed by atoms with Crippen LogP contribution < -0.4 is 4.72 Å². The van der Waals surface area contributed by atoms with Crippen LogP contribution in [-0.4, -0.2) is 27.0 Å². The van der Waals surface area contributed by atoms with E-state index in [0.29, 0.717) is 0 Å². The van der Waals surface area contributed by atoms with Crippen molar-refractivity contribution in [1.29, 1.82) is 0 Å². The van der Waals surface area contributed by atoms with Crippen LogP contribution in [0.1, 0.15) is 32.3 Å². The third kappa shape index (κ3) is 5.80. The van der Waals surface area contributed by atoms with E-state index < -0.39 is 22.0 Å². The van der Waals surface area contributed by atoms with Crippen molar-refractivity contribution < 1.29 is 17.9 Å². The lowest BCUT2D eigenvalue weighted by Crippen LogP contribution is -2.45. The first-order valence-electron chi connectivity index (χ1n) is 7.70. The summed E-state index contributed by atoms with van der Waals surface area (Å²) in [7, 11) is -3.81. The Morgan fingerprint density at radius 2 is 1.96 bits per heavy atom. The smallest absolute Gasteiger partial charge is 0.324 e. The van der Waals surface area contributed by atoms with Crippen LogP contribution in [0.5, 0.6) is 0 Å². The van der Waals surface area contributed by atoms with Crippen molar-refractivity contribution >= 4 is 16.0 Å². The van der Waals surface area contributed by atoms with Crippen LogP contribution in [-0.2, 0) is 19.6 Å². The maximum absolute atomic E-state index is 12.5. The minimum Gasteiger partial charge on any atom is -0.464 e. The summed E-state index contributed by atoms with van der Waals surface area (Å²) < 4.78 is 32.5. The molecule has 6 heteroatoms. The molecule has 128 valence electrons. The number of carbonyl (C=O) groups excluding carboxylic acids is 1. The van der Waals surface area contributed by atoms with E-state index in [9.17, 15) is 13.2 Å². The topological polar surface area (TPSA) is 72.5 Å². The third-order valence-corrected chi connectivity index (χ3v) is 4.96. The lowest BCUT2D eigenvalue weighted by atomic mass is 10.0. The molecule has 0 saturated heterocycles. The normalized spacial score (nSPS) is 14.0. The molecular weight excluding hydrogens is 314 g/mol. The number of unbranched alkanes of at least 4 members (excludes halogenated alkanes) is 1. The van der Waals surface area contributed by atoms with Gasteiger partial charge in [0.2, 0.25) is 10.0 Å². The SMILES string of the molecule is C=C[C@@H](C)[C@H](NS(=O)(=O)c1ccc(C)cc1)C(=O)OCCCC. The summed E-state index contributed by atoms with van der Waals surface area (Å²) in [6.45, 7) is 9.49. The molecule has 5 nitrogen and oxygen atoms in total. The van der Waals surface area contributed by atoms with E-state index in [1.807, 2.05) is 13.8 Å². The number of rotatable bonds is 9. The number of hydrogen-bond donors (Lipinski definition) is 1. The summed E-state index contributed by atoms with van der Waals surface area (Å²) in [6, 6.07) is 5.45. The van der Waals surface area contributed by atoms with Crippen LogP contribution in [0.3, 0.4) is 0 Å². The molecular formula is C17H25NO4S. The first kappa shape index (κ1) is 19.4. The van der Waals surface area contributed by atoms with Gasteiger partial charge in [0.1, 0.15) is 6.04 Å². The molecule has 0 aliphatic heterocycles. The molecule has 1 rings (SSSR count). The predicted octanol–water partition coefficient (Wildman–Crippen LogP) is 2.81. The monoisotopic (exact) mass is 339 g/mol. The van der Waals surface area contributed by atoms with E-state index in [1.165, 1.54) is 18.2 Å². The molecule has 0 aromatic heterocycles. The Morgan fingerprint density at radius 1 is 1.35 bits per heavy atom. The lowest BCUT2D eigenvalue weighted by molar-refractivity contribution is -0.146. The molecule has 0 fully saturated rings. The summed E-state index contributed by atoms with van der Waals surface area (Å²) in [5, 5.41) is 0. The molecule has 0 heterocycles. The Hall–Kier alpha value is -1.66. The largest absolute Gasteiger partial charge is 0.464 e. The molecule has 23 heavy (non-hydrogen) atoms. The van der Waals surface area contributed by atoms with E-state index in [1.54, 1.807) is 19.1 Å². The zero-order chi connectivity index (χ0) is 17.5. The van der Waals surface area contributed by atoms with Gasteiger partial charge in [-0.15, -0.1) is 6.58 Å². The van der Waals surface area contributed by atoms with Gasteiger partial charge in [-0.2, -0.15) is 4.72 Å². The predicted molar refractivity (Wildman–Crippen MR) is 90.5 cm³/mol. The molecule has 0 aliphatic rings. The summed E-state index contributed by atoms with van der Waals surface area (Å²) in [5.41, 5.74) is 0.957. The van der Waals surface area contributed by atoms with Gasteiger partial charge in [-0.1, -0.05) is 44.0 Å². The maximum atomic E-state index is 12.5. The number of hydrogen-bond acceptors (Lipinski definition) is 4. The second kappa shape index (κ2) is 8.84. The molecule has 0 bridgehead atoms. The van der Waals surface area contributed by atoms with Crippen LogP contribution in [0, 0.1) is 12.8 Å². The summed E-state index contributed by atoms with van der Waals surface area (Å²) in [4.78, 5) is 12.3. The minimum absolute atomic E-state index is 0.116. The number of aryl methyl sites for hydroxylation is 1. The lowest BCUT2D eigenvalue weighted by Gasteiger charge is -2.21.